The van der Waals surface area contributed by atoms with Gasteiger partial charge >= 0.3 is 5.69 Å². The Labute approximate surface area is 108 Å². The zero-order valence-corrected chi connectivity index (χ0v) is 11.0. The summed E-state index contributed by atoms with van der Waals surface area (Å²) in [5.74, 6) is 0.873. The fourth-order valence-corrected chi connectivity index (χ4v) is 2.95. The molecule has 4 heteroatoms. The smallest absolute Gasteiger partial charge is 0.315 e. The normalized spacial score (nSPS) is 20.7. The van der Waals surface area contributed by atoms with E-state index < -0.39 is 0 Å². The standard InChI is InChI=1S/C14H23N3O/c18-14-16(9-10-17(14)13-5-6-13)8-7-15-11-12-3-1-2-4-12/h9-10,12-13,15H,1-8,11H2. The molecule has 1 heterocycles. The van der Waals surface area contributed by atoms with Crippen LogP contribution in [0.1, 0.15) is 44.6 Å². The first-order chi connectivity index (χ1) is 8.84. The highest BCUT2D eigenvalue weighted by molar-refractivity contribution is 4.91. The Morgan fingerprint density at radius 3 is 2.67 bits per heavy atom. The molecule has 2 aliphatic rings. The summed E-state index contributed by atoms with van der Waals surface area (Å²) in [6.07, 6.45) is 11.8. The van der Waals surface area contributed by atoms with Crippen molar-refractivity contribution < 1.29 is 0 Å². The molecular formula is C14H23N3O. The summed E-state index contributed by atoms with van der Waals surface area (Å²) in [6, 6.07) is 0.491. The van der Waals surface area contributed by atoms with Crippen molar-refractivity contribution >= 4 is 0 Å². The molecule has 2 aliphatic carbocycles. The third-order valence-corrected chi connectivity index (χ3v) is 4.25. The van der Waals surface area contributed by atoms with Crippen molar-refractivity contribution in [2.45, 2.75) is 51.1 Å². The molecule has 1 N–H and O–H groups in total. The zero-order valence-electron chi connectivity index (χ0n) is 11.0. The number of nitrogens with one attached hydrogen (secondary N) is 1. The molecule has 0 unspecified atom stereocenters. The predicted molar refractivity (Wildman–Crippen MR) is 71.8 cm³/mol. The van der Waals surface area contributed by atoms with Gasteiger partial charge < -0.3 is 5.32 Å². The van der Waals surface area contributed by atoms with Crippen LogP contribution in [0.25, 0.3) is 0 Å². The van der Waals surface area contributed by atoms with Gasteiger partial charge in [-0.25, -0.2) is 4.79 Å². The van der Waals surface area contributed by atoms with Crippen LogP contribution in [-0.2, 0) is 6.54 Å². The molecular weight excluding hydrogens is 226 g/mol. The number of nitrogens with zero attached hydrogens (tertiary/aromatic N) is 2. The molecule has 0 saturated heterocycles. The molecule has 0 spiro atoms. The molecule has 0 radical (unpaired) electrons. The first-order valence-corrected chi connectivity index (χ1v) is 7.32. The van der Waals surface area contributed by atoms with E-state index >= 15 is 0 Å². The molecule has 0 aliphatic heterocycles. The van der Waals surface area contributed by atoms with E-state index in [9.17, 15) is 4.79 Å². The molecule has 4 nitrogen and oxygen atoms in total. The van der Waals surface area contributed by atoms with E-state index in [1.54, 1.807) is 0 Å². The van der Waals surface area contributed by atoms with Gasteiger partial charge in [-0.2, -0.15) is 0 Å². The second-order valence-corrected chi connectivity index (χ2v) is 5.77. The molecule has 2 saturated carbocycles. The van der Waals surface area contributed by atoms with E-state index in [2.05, 4.69) is 5.32 Å². The van der Waals surface area contributed by atoms with Crippen LogP contribution in [0, 0.1) is 5.92 Å². The van der Waals surface area contributed by atoms with Crippen molar-refractivity contribution in [3.63, 3.8) is 0 Å². The molecule has 0 amide bonds. The number of rotatable bonds is 6. The Hall–Kier alpha value is -1.03. The van der Waals surface area contributed by atoms with Crippen LogP contribution in [0.4, 0.5) is 0 Å². The maximum atomic E-state index is 12.0. The topological polar surface area (TPSA) is 39.0 Å². The van der Waals surface area contributed by atoms with Gasteiger partial charge in [0.05, 0.1) is 0 Å². The molecule has 18 heavy (non-hydrogen) atoms. The molecule has 0 aromatic carbocycles. The minimum atomic E-state index is 0.167. The van der Waals surface area contributed by atoms with Crippen LogP contribution in [0.15, 0.2) is 17.2 Å². The molecule has 100 valence electrons. The maximum Gasteiger partial charge on any atom is 0.328 e. The van der Waals surface area contributed by atoms with E-state index in [0.29, 0.717) is 6.04 Å². The van der Waals surface area contributed by atoms with Gasteiger partial charge in [-0.15, -0.1) is 0 Å². The Balaban J connectivity index is 1.43. The van der Waals surface area contributed by atoms with Crippen LogP contribution in [0.2, 0.25) is 0 Å². The third kappa shape index (κ3) is 2.69. The Morgan fingerprint density at radius 1 is 1.17 bits per heavy atom. The molecule has 2 fully saturated rings. The molecule has 0 bridgehead atoms. The fourth-order valence-electron chi connectivity index (χ4n) is 2.95. The summed E-state index contributed by atoms with van der Waals surface area (Å²) < 4.78 is 3.72. The fraction of sp³-hybridized carbons (Fsp3) is 0.786. The first-order valence-electron chi connectivity index (χ1n) is 7.32. The Bertz CT molecular complexity index is 438. The Morgan fingerprint density at radius 2 is 1.94 bits per heavy atom. The average Bonchev–Trinajstić information content (AvgIpc) is 2.95. The van der Waals surface area contributed by atoms with Crippen LogP contribution in [0.3, 0.4) is 0 Å². The summed E-state index contributed by atoms with van der Waals surface area (Å²) in [7, 11) is 0. The van der Waals surface area contributed by atoms with Gasteiger partial charge in [-0.05, 0) is 38.1 Å². The molecule has 1 aromatic rings. The van der Waals surface area contributed by atoms with Gasteiger partial charge in [0.25, 0.3) is 0 Å². The summed E-state index contributed by atoms with van der Waals surface area (Å²) in [4.78, 5) is 12.0. The van der Waals surface area contributed by atoms with Gasteiger partial charge in [-0.3, -0.25) is 9.13 Å². The highest BCUT2D eigenvalue weighted by Crippen LogP contribution is 2.33. The van der Waals surface area contributed by atoms with Gasteiger partial charge in [0.15, 0.2) is 0 Å². The minimum absolute atomic E-state index is 0.167. The second-order valence-electron chi connectivity index (χ2n) is 5.77. The monoisotopic (exact) mass is 249 g/mol. The summed E-state index contributed by atoms with van der Waals surface area (Å²) in [6.45, 7) is 2.83. The van der Waals surface area contributed by atoms with Crippen LogP contribution in [0.5, 0.6) is 0 Å². The van der Waals surface area contributed by atoms with Crippen molar-refractivity contribution in [1.29, 1.82) is 0 Å². The van der Waals surface area contributed by atoms with Crippen molar-refractivity contribution in [1.82, 2.24) is 14.5 Å². The van der Waals surface area contributed by atoms with E-state index in [1.165, 1.54) is 38.5 Å². The van der Waals surface area contributed by atoms with E-state index in [1.807, 2.05) is 21.5 Å². The van der Waals surface area contributed by atoms with Crippen molar-refractivity contribution in [3.05, 3.63) is 22.9 Å². The number of hydrogen-bond acceptors (Lipinski definition) is 2. The predicted octanol–water partition coefficient (Wildman–Crippen LogP) is 1.76. The van der Waals surface area contributed by atoms with E-state index in [0.717, 1.165) is 25.6 Å². The number of aromatic nitrogens is 2. The van der Waals surface area contributed by atoms with Gasteiger partial charge in [0, 0.05) is 31.5 Å². The van der Waals surface area contributed by atoms with Crippen molar-refractivity contribution in [2.24, 2.45) is 5.92 Å². The maximum absolute atomic E-state index is 12.0. The SMILES string of the molecule is O=c1n(CCNCC2CCCC2)ccn1C1CC1. The lowest BCUT2D eigenvalue weighted by Gasteiger charge is -2.10. The summed E-state index contributed by atoms with van der Waals surface area (Å²) >= 11 is 0. The van der Waals surface area contributed by atoms with Gasteiger partial charge in [-0.1, -0.05) is 12.8 Å². The van der Waals surface area contributed by atoms with Crippen LogP contribution in [-0.4, -0.2) is 22.2 Å². The largest absolute Gasteiger partial charge is 0.328 e. The van der Waals surface area contributed by atoms with Gasteiger partial charge in [0.2, 0.25) is 0 Å². The molecule has 3 rings (SSSR count). The van der Waals surface area contributed by atoms with Crippen molar-refractivity contribution in [3.8, 4) is 0 Å². The minimum Gasteiger partial charge on any atom is -0.315 e. The highest BCUT2D eigenvalue weighted by Gasteiger charge is 2.25. The Kier molecular flexibility index (Phi) is 3.55. The molecule has 1 aromatic heterocycles. The van der Waals surface area contributed by atoms with Gasteiger partial charge in [0.1, 0.15) is 0 Å². The summed E-state index contributed by atoms with van der Waals surface area (Å²) in [5.41, 5.74) is 0.167. The second kappa shape index (κ2) is 5.31. The quantitative estimate of drug-likeness (QED) is 0.780. The van der Waals surface area contributed by atoms with E-state index in [4.69, 9.17) is 0 Å². The molecule has 0 atom stereocenters. The van der Waals surface area contributed by atoms with Crippen molar-refractivity contribution in [2.75, 3.05) is 13.1 Å². The first kappa shape index (κ1) is 12.0. The third-order valence-electron chi connectivity index (χ3n) is 4.25. The lowest BCUT2D eigenvalue weighted by molar-refractivity contribution is 0.472. The van der Waals surface area contributed by atoms with Crippen LogP contribution >= 0.6 is 0 Å². The van der Waals surface area contributed by atoms with E-state index in [-0.39, 0.29) is 5.69 Å². The lowest BCUT2D eigenvalue weighted by Crippen LogP contribution is -2.30. The number of hydrogen-bond donors (Lipinski definition) is 1. The summed E-state index contributed by atoms with van der Waals surface area (Å²) in [5, 5.41) is 3.49. The lowest BCUT2D eigenvalue weighted by atomic mass is 10.1. The zero-order chi connectivity index (χ0) is 12.4. The highest BCUT2D eigenvalue weighted by atomic mass is 16.1. The average molecular weight is 249 g/mol. The van der Waals surface area contributed by atoms with Crippen LogP contribution < -0.4 is 11.0 Å². The number of imidazole rings is 1.